The molecule has 2 aliphatic heterocycles. The van der Waals surface area contributed by atoms with Crippen molar-refractivity contribution < 1.29 is 14.3 Å². The van der Waals surface area contributed by atoms with E-state index in [0.717, 1.165) is 12.0 Å². The molecular formula is C13H12ClNO3S. The summed E-state index contributed by atoms with van der Waals surface area (Å²) in [5.74, 6) is 0. The lowest BCUT2D eigenvalue weighted by Crippen LogP contribution is -2.41. The molecule has 1 aromatic carbocycles. The summed E-state index contributed by atoms with van der Waals surface area (Å²) < 4.78 is 5.24. The number of likely N-dealkylation sites (tertiary alicyclic amines) is 1. The molecule has 0 radical (unpaired) electrons. The SMILES string of the molecule is O=C1S[C@H]2C[C@@H]1N(C(=O)OCc1ccc(Cl)cc1)C2. The van der Waals surface area contributed by atoms with Gasteiger partial charge >= 0.3 is 6.09 Å². The van der Waals surface area contributed by atoms with Crippen molar-refractivity contribution >= 4 is 34.6 Å². The Morgan fingerprint density at radius 2 is 2.16 bits per heavy atom. The predicted molar refractivity (Wildman–Crippen MR) is 73.1 cm³/mol. The minimum Gasteiger partial charge on any atom is -0.445 e. The van der Waals surface area contributed by atoms with Gasteiger partial charge in [-0.05, 0) is 24.1 Å². The molecule has 6 heteroatoms. The van der Waals surface area contributed by atoms with E-state index in [9.17, 15) is 9.59 Å². The Morgan fingerprint density at radius 3 is 2.79 bits per heavy atom. The van der Waals surface area contributed by atoms with E-state index in [1.54, 1.807) is 17.0 Å². The van der Waals surface area contributed by atoms with Crippen LogP contribution in [0.3, 0.4) is 0 Å². The Bertz CT molecular complexity index is 519. The summed E-state index contributed by atoms with van der Waals surface area (Å²) in [7, 11) is 0. The van der Waals surface area contributed by atoms with Crippen molar-refractivity contribution in [3.63, 3.8) is 0 Å². The number of benzene rings is 1. The smallest absolute Gasteiger partial charge is 0.410 e. The van der Waals surface area contributed by atoms with E-state index in [1.807, 2.05) is 12.1 Å². The van der Waals surface area contributed by atoms with E-state index in [0.29, 0.717) is 11.6 Å². The highest BCUT2D eigenvalue weighted by Crippen LogP contribution is 2.39. The number of thioether (sulfide) groups is 1. The van der Waals surface area contributed by atoms with Gasteiger partial charge in [-0.2, -0.15) is 0 Å². The molecule has 0 spiro atoms. The highest BCUT2D eigenvalue weighted by atomic mass is 35.5. The highest BCUT2D eigenvalue weighted by molar-refractivity contribution is 8.14. The Hall–Kier alpha value is -1.20. The molecular weight excluding hydrogens is 286 g/mol. The second kappa shape index (κ2) is 5.06. The van der Waals surface area contributed by atoms with Crippen LogP contribution in [0.25, 0.3) is 0 Å². The zero-order valence-electron chi connectivity index (χ0n) is 10.0. The van der Waals surface area contributed by atoms with E-state index < -0.39 is 6.09 Å². The number of amides is 1. The monoisotopic (exact) mass is 297 g/mol. The molecule has 4 nitrogen and oxygen atoms in total. The van der Waals surface area contributed by atoms with E-state index >= 15 is 0 Å². The summed E-state index contributed by atoms with van der Waals surface area (Å²) in [6.07, 6.45) is 0.357. The van der Waals surface area contributed by atoms with E-state index in [1.165, 1.54) is 11.8 Å². The molecule has 1 aromatic rings. The first-order valence-electron chi connectivity index (χ1n) is 6.02. The van der Waals surface area contributed by atoms with Gasteiger partial charge in [0.2, 0.25) is 5.12 Å². The van der Waals surface area contributed by atoms with Crippen molar-refractivity contribution in [2.24, 2.45) is 0 Å². The average molecular weight is 298 g/mol. The van der Waals surface area contributed by atoms with Gasteiger partial charge in [0.25, 0.3) is 0 Å². The van der Waals surface area contributed by atoms with Gasteiger partial charge in [0.1, 0.15) is 12.6 Å². The summed E-state index contributed by atoms with van der Waals surface area (Å²) in [5, 5.41) is 0.981. The fourth-order valence-electron chi connectivity index (χ4n) is 2.36. The van der Waals surface area contributed by atoms with Gasteiger partial charge in [0.15, 0.2) is 0 Å². The first-order valence-corrected chi connectivity index (χ1v) is 7.27. The molecule has 2 heterocycles. The fourth-order valence-corrected chi connectivity index (χ4v) is 3.71. The van der Waals surface area contributed by atoms with Crippen molar-refractivity contribution in [1.82, 2.24) is 4.90 Å². The van der Waals surface area contributed by atoms with Crippen LogP contribution < -0.4 is 0 Å². The quantitative estimate of drug-likeness (QED) is 0.842. The van der Waals surface area contributed by atoms with Crippen LogP contribution in [-0.2, 0) is 16.1 Å². The lowest BCUT2D eigenvalue weighted by Gasteiger charge is -2.24. The second-order valence-electron chi connectivity index (χ2n) is 4.64. The average Bonchev–Trinajstić information content (AvgIpc) is 2.96. The van der Waals surface area contributed by atoms with Gasteiger partial charge in [-0.25, -0.2) is 4.79 Å². The third kappa shape index (κ3) is 2.58. The number of rotatable bonds is 2. The number of hydrogen-bond acceptors (Lipinski definition) is 4. The van der Waals surface area contributed by atoms with Crippen molar-refractivity contribution in [2.45, 2.75) is 24.3 Å². The van der Waals surface area contributed by atoms with Crippen LogP contribution in [0.15, 0.2) is 24.3 Å². The van der Waals surface area contributed by atoms with Crippen LogP contribution in [0, 0.1) is 0 Å². The van der Waals surface area contributed by atoms with Gasteiger partial charge in [-0.3, -0.25) is 9.69 Å². The summed E-state index contributed by atoms with van der Waals surface area (Å²) >= 11 is 7.13. The molecule has 100 valence electrons. The molecule has 2 aliphatic rings. The van der Waals surface area contributed by atoms with E-state index in [-0.39, 0.29) is 23.0 Å². The number of halogens is 1. The predicted octanol–water partition coefficient (Wildman–Crippen LogP) is 2.69. The summed E-state index contributed by atoms with van der Waals surface area (Å²) in [6, 6.07) is 6.85. The van der Waals surface area contributed by atoms with E-state index in [4.69, 9.17) is 16.3 Å². The molecule has 0 saturated carbocycles. The van der Waals surface area contributed by atoms with E-state index in [2.05, 4.69) is 0 Å². The van der Waals surface area contributed by atoms with Crippen molar-refractivity contribution in [2.75, 3.05) is 6.54 Å². The van der Waals surface area contributed by atoms with Crippen LogP contribution in [0.4, 0.5) is 4.79 Å². The zero-order valence-corrected chi connectivity index (χ0v) is 11.6. The van der Waals surface area contributed by atoms with Crippen LogP contribution in [-0.4, -0.2) is 33.9 Å². The molecule has 0 N–H and O–H groups in total. The van der Waals surface area contributed by atoms with Gasteiger partial charge in [0.05, 0.1) is 0 Å². The number of carbonyl (C=O) groups is 2. The maximum Gasteiger partial charge on any atom is 0.410 e. The van der Waals surface area contributed by atoms with Crippen LogP contribution in [0.1, 0.15) is 12.0 Å². The Balaban J connectivity index is 1.57. The molecule has 1 amide bonds. The lowest BCUT2D eigenvalue weighted by molar-refractivity contribution is -0.114. The largest absolute Gasteiger partial charge is 0.445 e. The van der Waals surface area contributed by atoms with Crippen molar-refractivity contribution in [3.05, 3.63) is 34.9 Å². The third-order valence-electron chi connectivity index (χ3n) is 3.33. The molecule has 2 fully saturated rings. The van der Waals surface area contributed by atoms with Crippen LogP contribution in [0.2, 0.25) is 5.02 Å². The highest BCUT2D eigenvalue weighted by Gasteiger charge is 2.47. The maximum atomic E-state index is 11.9. The first-order chi connectivity index (χ1) is 9.13. The molecule has 2 bridgehead atoms. The second-order valence-corrected chi connectivity index (χ2v) is 6.38. The van der Waals surface area contributed by atoms with Gasteiger partial charge in [-0.15, -0.1) is 0 Å². The standard InChI is InChI=1S/C13H12ClNO3S/c14-9-3-1-8(2-4-9)7-18-13(17)15-6-10-5-11(15)12(16)19-10/h1-4,10-11H,5-7H2/t10-,11-/m0/s1. The lowest BCUT2D eigenvalue weighted by atomic mass is 10.2. The molecule has 19 heavy (non-hydrogen) atoms. The minimum atomic E-state index is -0.406. The molecule has 0 unspecified atom stereocenters. The number of hydrogen-bond donors (Lipinski definition) is 0. The minimum absolute atomic E-state index is 0.0830. The van der Waals surface area contributed by atoms with Crippen molar-refractivity contribution in [1.29, 1.82) is 0 Å². The number of fused-ring (bicyclic) bond motifs is 2. The third-order valence-corrected chi connectivity index (χ3v) is 4.76. The summed E-state index contributed by atoms with van der Waals surface area (Å²) in [5.41, 5.74) is 0.878. The number of ether oxygens (including phenoxy) is 1. The Kier molecular flexibility index (Phi) is 3.41. The van der Waals surface area contributed by atoms with Gasteiger partial charge in [-0.1, -0.05) is 35.5 Å². The first kappa shape index (κ1) is 12.8. The maximum absolute atomic E-state index is 11.9. The summed E-state index contributed by atoms with van der Waals surface area (Å²) in [6.45, 7) is 0.811. The summed E-state index contributed by atoms with van der Waals surface area (Å²) in [4.78, 5) is 25.0. The topological polar surface area (TPSA) is 46.6 Å². The molecule has 3 rings (SSSR count). The van der Waals surface area contributed by atoms with Crippen LogP contribution in [0.5, 0.6) is 0 Å². The normalized spacial score (nSPS) is 24.9. The van der Waals surface area contributed by atoms with Gasteiger partial charge in [0, 0.05) is 16.8 Å². The zero-order chi connectivity index (χ0) is 13.4. The Morgan fingerprint density at radius 1 is 1.42 bits per heavy atom. The molecule has 2 atom stereocenters. The molecule has 2 saturated heterocycles. The fraction of sp³-hybridized carbons (Fsp3) is 0.385. The molecule has 0 aliphatic carbocycles. The Labute approximate surface area is 120 Å². The number of nitrogens with zero attached hydrogens (tertiary/aromatic N) is 1. The molecule has 0 aromatic heterocycles. The van der Waals surface area contributed by atoms with Crippen molar-refractivity contribution in [3.8, 4) is 0 Å². The number of carbonyl (C=O) groups excluding carboxylic acids is 2. The van der Waals surface area contributed by atoms with Gasteiger partial charge < -0.3 is 4.74 Å². The van der Waals surface area contributed by atoms with Crippen LogP contribution >= 0.6 is 23.4 Å².